The zero-order valence-electron chi connectivity index (χ0n) is 12.6. The van der Waals surface area contributed by atoms with E-state index in [0.717, 1.165) is 38.5 Å². The van der Waals surface area contributed by atoms with Crippen molar-refractivity contribution in [3.05, 3.63) is 12.2 Å². The summed E-state index contributed by atoms with van der Waals surface area (Å²) in [5.41, 5.74) is -0.784. The van der Waals surface area contributed by atoms with E-state index in [2.05, 4.69) is 6.92 Å². The number of carbonyl (C=O) groups excluding carboxylic acids is 2. The number of hydrogen-bond donors (Lipinski definition) is 0. The van der Waals surface area contributed by atoms with Gasteiger partial charge in [-0.2, -0.15) is 0 Å². The van der Waals surface area contributed by atoms with Crippen LogP contribution in [0.4, 0.5) is 0 Å². The van der Waals surface area contributed by atoms with Crippen LogP contribution in [0, 0.1) is 5.92 Å². The fourth-order valence-electron chi connectivity index (χ4n) is 3.26. The van der Waals surface area contributed by atoms with Crippen molar-refractivity contribution in [2.75, 3.05) is 6.61 Å². The smallest absolute Gasteiger partial charge is 0.255 e. The molecule has 0 aromatic carbocycles. The maximum atomic E-state index is 12.0. The second-order valence-electron chi connectivity index (χ2n) is 5.94. The quantitative estimate of drug-likeness (QED) is 0.554. The number of nitrogens with zero attached hydrogens (tertiary/aromatic N) is 1. The number of amides is 2. The molecule has 1 atom stereocenters. The molecule has 1 saturated carbocycles. The predicted octanol–water partition coefficient (Wildman–Crippen LogP) is 3.02. The zero-order chi connectivity index (χ0) is 14.6. The molecule has 0 spiro atoms. The summed E-state index contributed by atoms with van der Waals surface area (Å²) in [6, 6.07) is 0. The van der Waals surface area contributed by atoms with E-state index in [0.29, 0.717) is 6.61 Å². The molecule has 0 aromatic heterocycles. The van der Waals surface area contributed by atoms with E-state index >= 15 is 0 Å². The first-order chi connectivity index (χ1) is 9.59. The Balaban J connectivity index is 2.18. The van der Waals surface area contributed by atoms with Crippen LogP contribution >= 0.6 is 0 Å². The van der Waals surface area contributed by atoms with Crippen LogP contribution in [0.2, 0.25) is 0 Å². The Morgan fingerprint density at radius 3 is 2.35 bits per heavy atom. The van der Waals surface area contributed by atoms with Gasteiger partial charge in [0.1, 0.15) is 0 Å². The molecule has 2 rings (SSSR count). The highest BCUT2D eigenvalue weighted by atomic mass is 16.5. The molecule has 0 radical (unpaired) electrons. The van der Waals surface area contributed by atoms with Crippen LogP contribution in [0.1, 0.15) is 58.8 Å². The van der Waals surface area contributed by atoms with Gasteiger partial charge >= 0.3 is 0 Å². The Morgan fingerprint density at radius 1 is 1.20 bits per heavy atom. The number of imide groups is 1. The standard InChI is InChI=1S/C16H25NO3/c1-3-4-12-20-16(2,13-8-6-5-7-9-13)17-14(18)10-11-15(17)19/h10-11,13H,3-9,12H2,1-2H3. The molecule has 0 N–H and O–H groups in total. The van der Waals surface area contributed by atoms with Gasteiger partial charge in [0.25, 0.3) is 11.8 Å². The van der Waals surface area contributed by atoms with E-state index in [1.807, 2.05) is 6.92 Å². The fraction of sp³-hybridized carbons (Fsp3) is 0.750. The Bertz CT molecular complexity index is 381. The number of rotatable bonds is 6. The molecule has 2 amide bonds. The minimum Gasteiger partial charge on any atom is -0.355 e. The van der Waals surface area contributed by atoms with Crippen LogP contribution in [-0.2, 0) is 14.3 Å². The second kappa shape index (κ2) is 6.53. The molecule has 4 heteroatoms. The van der Waals surface area contributed by atoms with Crippen molar-refractivity contribution in [2.45, 2.75) is 64.5 Å². The van der Waals surface area contributed by atoms with Crippen LogP contribution in [-0.4, -0.2) is 29.0 Å². The molecule has 1 unspecified atom stereocenters. The largest absolute Gasteiger partial charge is 0.355 e. The van der Waals surface area contributed by atoms with Crippen LogP contribution in [0.25, 0.3) is 0 Å². The molecule has 1 aliphatic heterocycles. The molecular formula is C16H25NO3. The van der Waals surface area contributed by atoms with E-state index in [1.54, 1.807) is 0 Å². The van der Waals surface area contributed by atoms with Crippen molar-refractivity contribution in [2.24, 2.45) is 5.92 Å². The van der Waals surface area contributed by atoms with Gasteiger partial charge in [0.2, 0.25) is 0 Å². The molecular weight excluding hydrogens is 254 g/mol. The van der Waals surface area contributed by atoms with Gasteiger partial charge in [0, 0.05) is 24.7 Å². The minimum absolute atomic E-state index is 0.237. The molecule has 2 aliphatic rings. The first-order valence-corrected chi connectivity index (χ1v) is 7.79. The molecule has 0 bridgehead atoms. The Hall–Kier alpha value is -1.16. The summed E-state index contributed by atoms with van der Waals surface area (Å²) < 4.78 is 6.08. The van der Waals surface area contributed by atoms with E-state index in [4.69, 9.17) is 4.74 Å². The number of hydrogen-bond acceptors (Lipinski definition) is 3. The second-order valence-corrected chi connectivity index (χ2v) is 5.94. The summed E-state index contributed by atoms with van der Waals surface area (Å²) in [6.07, 6.45) is 10.3. The Kier molecular flexibility index (Phi) is 4.97. The molecule has 1 heterocycles. The summed E-state index contributed by atoms with van der Waals surface area (Å²) in [4.78, 5) is 25.4. The maximum Gasteiger partial charge on any atom is 0.255 e. The molecule has 0 aromatic rings. The van der Waals surface area contributed by atoms with Gasteiger partial charge in [-0.1, -0.05) is 32.6 Å². The van der Waals surface area contributed by atoms with Crippen molar-refractivity contribution in [1.29, 1.82) is 0 Å². The zero-order valence-corrected chi connectivity index (χ0v) is 12.6. The lowest BCUT2D eigenvalue weighted by Crippen LogP contribution is -2.57. The number of unbranched alkanes of at least 4 members (excludes halogenated alkanes) is 1. The molecule has 4 nitrogen and oxygen atoms in total. The summed E-state index contributed by atoms with van der Waals surface area (Å²) in [6.45, 7) is 4.62. The number of carbonyl (C=O) groups is 2. The van der Waals surface area contributed by atoms with Crippen molar-refractivity contribution >= 4 is 11.8 Å². The van der Waals surface area contributed by atoms with Gasteiger partial charge in [-0.15, -0.1) is 0 Å². The van der Waals surface area contributed by atoms with E-state index in [1.165, 1.54) is 23.5 Å². The van der Waals surface area contributed by atoms with Crippen LogP contribution in [0.5, 0.6) is 0 Å². The maximum absolute atomic E-state index is 12.0. The molecule has 112 valence electrons. The van der Waals surface area contributed by atoms with Gasteiger partial charge in [-0.3, -0.25) is 9.59 Å². The van der Waals surface area contributed by atoms with Crippen LogP contribution in [0.3, 0.4) is 0 Å². The first kappa shape index (κ1) is 15.2. The van der Waals surface area contributed by atoms with E-state index in [9.17, 15) is 9.59 Å². The van der Waals surface area contributed by atoms with Crippen LogP contribution in [0.15, 0.2) is 12.2 Å². The van der Waals surface area contributed by atoms with Gasteiger partial charge in [0.05, 0.1) is 0 Å². The van der Waals surface area contributed by atoms with Crippen molar-refractivity contribution in [1.82, 2.24) is 4.90 Å². The highest BCUT2D eigenvalue weighted by Crippen LogP contribution is 2.38. The SMILES string of the molecule is CCCCOC(C)(C1CCCCC1)N1C(=O)C=CC1=O. The topological polar surface area (TPSA) is 46.6 Å². The normalized spacial score (nSPS) is 23.4. The van der Waals surface area contributed by atoms with Gasteiger partial charge in [-0.25, -0.2) is 4.90 Å². The third-order valence-corrected chi connectivity index (χ3v) is 4.51. The fourth-order valence-corrected chi connectivity index (χ4v) is 3.26. The van der Waals surface area contributed by atoms with Gasteiger partial charge in [0.15, 0.2) is 5.72 Å². The Morgan fingerprint density at radius 2 is 1.80 bits per heavy atom. The predicted molar refractivity (Wildman–Crippen MR) is 76.8 cm³/mol. The lowest BCUT2D eigenvalue weighted by Gasteiger charge is -2.44. The van der Waals surface area contributed by atoms with Gasteiger partial charge < -0.3 is 4.74 Å². The van der Waals surface area contributed by atoms with Crippen molar-refractivity contribution in [3.8, 4) is 0 Å². The average molecular weight is 279 g/mol. The summed E-state index contributed by atoms with van der Waals surface area (Å²) >= 11 is 0. The molecule has 1 fully saturated rings. The third kappa shape index (κ3) is 2.95. The van der Waals surface area contributed by atoms with Crippen LogP contribution < -0.4 is 0 Å². The molecule has 0 saturated heterocycles. The summed E-state index contributed by atoms with van der Waals surface area (Å²) in [5.74, 6) is -0.222. The van der Waals surface area contributed by atoms with E-state index in [-0.39, 0.29) is 17.7 Å². The third-order valence-electron chi connectivity index (χ3n) is 4.51. The average Bonchev–Trinajstić information content (AvgIpc) is 2.80. The monoisotopic (exact) mass is 279 g/mol. The highest BCUT2D eigenvalue weighted by molar-refractivity contribution is 6.13. The lowest BCUT2D eigenvalue weighted by molar-refractivity contribution is -0.192. The van der Waals surface area contributed by atoms with E-state index < -0.39 is 5.72 Å². The Labute approximate surface area is 121 Å². The summed E-state index contributed by atoms with van der Waals surface area (Å²) in [7, 11) is 0. The van der Waals surface area contributed by atoms with Crippen molar-refractivity contribution in [3.63, 3.8) is 0 Å². The number of ether oxygens (including phenoxy) is 1. The molecule has 20 heavy (non-hydrogen) atoms. The minimum atomic E-state index is -0.784. The molecule has 1 aliphatic carbocycles. The highest BCUT2D eigenvalue weighted by Gasteiger charge is 2.47. The summed E-state index contributed by atoms with van der Waals surface area (Å²) in [5, 5.41) is 0. The van der Waals surface area contributed by atoms with Crippen molar-refractivity contribution < 1.29 is 14.3 Å². The van der Waals surface area contributed by atoms with Gasteiger partial charge in [-0.05, 0) is 26.2 Å². The first-order valence-electron chi connectivity index (χ1n) is 7.79. The lowest BCUT2D eigenvalue weighted by atomic mass is 9.81.